The summed E-state index contributed by atoms with van der Waals surface area (Å²) >= 11 is 1.52. The number of amides is 2. The van der Waals surface area contributed by atoms with Crippen molar-refractivity contribution >= 4 is 34.3 Å². The Labute approximate surface area is 190 Å². The number of benzene rings is 1. The average Bonchev–Trinajstić information content (AvgIpc) is 3.44. The molecule has 1 atom stereocenters. The van der Waals surface area contributed by atoms with E-state index in [0.29, 0.717) is 54.2 Å². The summed E-state index contributed by atoms with van der Waals surface area (Å²) in [7, 11) is 0. The van der Waals surface area contributed by atoms with Crippen LogP contribution in [-0.2, 0) is 11.3 Å². The smallest absolute Gasteiger partial charge is 0.410 e. The van der Waals surface area contributed by atoms with Crippen LogP contribution in [0, 0.1) is 6.92 Å². The van der Waals surface area contributed by atoms with Gasteiger partial charge in [0.1, 0.15) is 34.3 Å². The molecule has 4 rings (SSSR count). The normalized spacial score (nSPS) is 16.4. The maximum atomic E-state index is 13.1. The monoisotopic (exact) mass is 457 g/mol. The van der Waals surface area contributed by atoms with Gasteiger partial charge in [-0.05, 0) is 52.3 Å². The fraction of sp³-hybridized carbons (Fsp3) is 0.435. The molecule has 0 radical (unpaired) electrons. The van der Waals surface area contributed by atoms with E-state index in [4.69, 9.17) is 13.9 Å². The van der Waals surface area contributed by atoms with E-state index in [1.54, 1.807) is 24.1 Å². The van der Waals surface area contributed by atoms with Crippen LogP contribution in [0.25, 0.3) is 11.0 Å². The van der Waals surface area contributed by atoms with Crippen LogP contribution in [0.1, 0.15) is 48.3 Å². The van der Waals surface area contributed by atoms with Crippen LogP contribution in [0.15, 0.2) is 34.2 Å². The number of ether oxygens (including phenoxy) is 2. The van der Waals surface area contributed by atoms with Crippen molar-refractivity contribution in [3.8, 4) is 5.75 Å². The third-order valence-electron chi connectivity index (χ3n) is 5.08. The van der Waals surface area contributed by atoms with E-state index in [9.17, 15) is 9.59 Å². The first-order valence-electron chi connectivity index (χ1n) is 10.5. The lowest BCUT2D eigenvalue weighted by Crippen LogP contribution is -2.40. The van der Waals surface area contributed by atoms with Crippen LogP contribution in [0.4, 0.5) is 4.79 Å². The molecule has 1 aromatic carbocycles. The van der Waals surface area contributed by atoms with Gasteiger partial charge in [0.05, 0.1) is 5.56 Å². The molecule has 9 heteroatoms. The Morgan fingerprint density at radius 1 is 1.34 bits per heavy atom. The fourth-order valence-electron chi connectivity index (χ4n) is 3.67. The Morgan fingerprint density at radius 3 is 2.88 bits per heavy atom. The molecule has 3 aromatic rings. The first-order valence-corrected chi connectivity index (χ1v) is 11.4. The minimum absolute atomic E-state index is 0.149. The summed E-state index contributed by atoms with van der Waals surface area (Å²) in [4.78, 5) is 31.2. The Kier molecular flexibility index (Phi) is 6.10. The molecule has 2 aromatic heterocycles. The number of likely N-dealkylation sites (tertiary alicyclic amines) is 1. The van der Waals surface area contributed by atoms with Gasteiger partial charge in [0, 0.05) is 36.1 Å². The standard InChI is InChI=1S/C23H27N3O5S/c1-14-20(21(27)25-15-7-9-26(12-15)22(28)31-23(2,3)4)17-11-16(5-6-18(17)30-14)29-13-19-24-8-10-32-19/h5-6,8,10-11,15H,7,9,12-13H2,1-4H3,(H,25,27)/t15-/m0/s1. The number of nitrogens with zero attached hydrogens (tertiary/aromatic N) is 2. The summed E-state index contributed by atoms with van der Waals surface area (Å²) in [5, 5.41) is 6.51. The van der Waals surface area contributed by atoms with Gasteiger partial charge in [0.25, 0.3) is 5.91 Å². The Bertz CT molecular complexity index is 1120. The second-order valence-corrected chi connectivity index (χ2v) is 9.77. The number of rotatable bonds is 5. The van der Waals surface area contributed by atoms with E-state index >= 15 is 0 Å². The van der Waals surface area contributed by atoms with Gasteiger partial charge in [-0.15, -0.1) is 11.3 Å². The number of aromatic nitrogens is 1. The van der Waals surface area contributed by atoms with E-state index in [-0.39, 0.29) is 18.0 Å². The maximum absolute atomic E-state index is 13.1. The highest BCUT2D eigenvalue weighted by Gasteiger charge is 2.31. The number of fused-ring (bicyclic) bond motifs is 1. The highest BCUT2D eigenvalue weighted by atomic mass is 32.1. The molecule has 1 fully saturated rings. The number of furan rings is 1. The van der Waals surface area contributed by atoms with Crippen LogP contribution in [-0.4, -0.2) is 46.6 Å². The van der Waals surface area contributed by atoms with Crippen molar-refractivity contribution in [2.24, 2.45) is 0 Å². The molecule has 1 aliphatic rings. The molecule has 0 saturated carbocycles. The summed E-state index contributed by atoms with van der Waals surface area (Å²) in [6.45, 7) is 8.60. The number of carbonyl (C=O) groups excluding carboxylic acids is 2. The van der Waals surface area contributed by atoms with Crippen LogP contribution in [0.5, 0.6) is 5.75 Å². The van der Waals surface area contributed by atoms with Crippen LogP contribution >= 0.6 is 11.3 Å². The van der Waals surface area contributed by atoms with Crippen molar-refractivity contribution < 1.29 is 23.5 Å². The number of hydrogen-bond acceptors (Lipinski definition) is 7. The van der Waals surface area contributed by atoms with Gasteiger partial charge >= 0.3 is 6.09 Å². The van der Waals surface area contributed by atoms with E-state index in [1.165, 1.54) is 11.3 Å². The number of carbonyl (C=O) groups is 2. The highest BCUT2D eigenvalue weighted by molar-refractivity contribution is 7.09. The molecule has 2 amide bonds. The second kappa shape index (κ2) is 8.82. The van der Waals surface area contributed by atoms with Crippen LogP contribution < -0.4 is 10.1 Å². The molecule has 0 unspecified atom stereocenters. The maximum Gasteiger partial charge on any atom is 0.410 e. The molecule has 32 heavy (non-hydrogen) atoms. The van der Waals surface area contributed by atoms with Crippen molar-refractivity contribution in [2.45, 2.75) is 52.4 Å². The third kappa shape index (κ3) is 5.04. The molecule has 8 nitrogen and oxygen atoms in total. The summed E-state index contributed by atoms with van der Waals surface area (Å²) in [6, 6.07) is 5.28. The van der Waals surface area contributed by atoms with E-state index in [2.05, 4.69) is 10.3 Å². The molecule has 3 heterocycles. The largest absolute Gasteiger partial charge is 0.486 e. The SMILES string of the molecule is Cc1oc2ccc(OCc3nccs3)cc2c1C(=O)N[C@H]1CCN(C(=O)OC(C)(C)C)C1. The second-order valence-electron chi connectivity index (χ2n) is 8.79. The molecule has 0 spiro atoms. The van der Waals surface area contributed by atoms with Gasteiger partial charge in [0.15, 0.2) is 0 Å². The van der Waals surface area contributed by atoms with E-state index < -0.39 is 5.60 Å². The lowest BCUT2D eigenvalue weighted by molar-refractivity contribution is 0.0290. The van der Waals surface area contributed by atoms with Gasteiger partial charge in [-0.25, -0.2) is 9.78 Å². The number of hydrogen-bond donors (Lipinski definition) is 1. The zero-order chi connectivity index (χ0) is 22.9. The molecule has 0 bridgehead atoms. The van der Waals surface area contributed by atoms with Gasteiger partial charge in [0.2, 0.25) is 0 Å². The zero-order valence-electron chi connectivity index (χ0n) is 18.6. The molecular weight excluding hydrogens is 430 g/mol. The van der Waals surface area contributed by atoms with Gasteiger partial charge < -0.3 is 24.1 Å². The van der Waals surface area contributed by atoms with Crippen molar-refractivity contribution in [3.05, 3.63) is 46.1 Å². The molecule has 1 saturated heterocycles. The van der Waals surface area contributed by atoms with Gasteiger partial charge in [-0.1, -0.05) is 0 Å². The van der Waals surface area contributed by atoms with Crippen molar-refractivity contribution in [3.63, 3.8) is 0 Å². The summed E-state index contributed by atoms with van der Waals surface area (Å²) < 4.78 is 17.1. The van der Waals surface area contributed by atoms with E-state index in [0.717, 1.165) is 5.01 Å². The molecular formula is C23H27N3O5S. The molecule has 1 N–H and O–H groups in total. The predicted octanol–water partition coefficient (Wildman–Crippen LogP) is 4.52. The van der Waals surface area contributed by atoms with E-state index in [1.807, 2.05) is 38.3 Å². The molecule has 0 aliphatic carbocycles. The summed E-state index contributed by atoms with van der Waals surface area (Å²) in [5.74, 6) is 0.949. The lowest BCUT2D eigenvalue weighted by atomic mass is 10.1. The minimum atomic E-state index is -0.551. The number of thiazole rings is 1. The summed E-state index contributed by atoms with van der Waals surface area (Å²) in [5.41, 5.74) is 0.552. The first kappa shape index (κ1) is 22.1. The van der Waals surface area contributed by atoms with Crippen molar-refractivity contribution in [2.75, 3.05) is 13.1 Å². The van der Waals surface area contributed by atoms with Crippen LogP contribution in [0.3, 0.4) is 0 Å². The third-order valence-corrected chi connectivity index (χ3v) is 5.84. The summed E-state index contributed by atoms with van der Waals surface area (Å²) in [6.07, 6.45) is 2.05. The van der Waals surface area contributed by atoms with Gasteiger partial charge in [-0.3, -0.25) is 4.79 Å². The average molecular weight is 458 g/mol. The minimum Gasteiger partial charge on any atom is -0.486 e. The molecule has 170 valence electrons. The first-order chi connectivity index (χ1) is 15.2. The van der Waals surface area contributed by atoms with Gasteiger partial charge in [-0.2, -0.15) is 0 Å². The number of aryl methyl sites for hydroxylation is 1. The van der Waals surface area contributed by atoms with Crippen molar-refractivity contribution in [1.29, 1.82) is 0 Å². The van der Waals surface area contributed by atoms with Crippen molar-refractivity contribution in [1.82, 2.24) is 15.2 Å². The topological polar surface area (TPSA) is 93.9 Å². The lowest BCUT2D eigenvalue weighted by Gasteiger charge is -2.24. The highest BCUT2D eigenvalue weighted by Crippen LogP contribution is 2.30. The Hall–Kier alpha value is -3.07. The molecule has 1 aliphatic heterocycles. The van der Waals surface area contributed by atoms with Crippen LogP contribution in [0.2, 0.25) is 0 Å². The number of nitrogens with one attached hydrogen (secondary N) is 1. The Balaban J connectivity index is 1.44. The quantitative estimate of drug-likeness (QED) is 0.606. The zero-order valence-corrected chi connectivity index (χ0v) is 19.5. The predicted molar refractivity (Wildman–Crippen MR) is 121 cm³/mol. The Morgan fingerprint density at radius 2 is 2.16 bits per heavy atom. The fourth-order valence-corrected chi connectivity index (χ4v) is 4.20.